The van der Waals surface area contributed by atoms with Crippen molar-refractivity contribution in [1.29, 1.82) is 0 Å². The lowest BCUT2D eigenvalue weighted by molar-refractivity contribution is -0.141. The van der Waals surface area contributed by atoms with E-state index in [-0.39, 0.29) is 5.92 Å². The van der Waals surface area contributed by atoms with E-state index in [1.54, 1.807) is 6.92 Å². The van der Waals surface area contributed by atoms with Crippen molar-refractivity contribution < 1.29 is 9.90 Å². The van der Waals surface area contributed by atoms with Crippen molar-refractivity contribution >= 4 is 5.97 Å². The summed E-state index contributed by atoms with van der Waals surface area (Å²) in [5.74, 6) is -0.880. The number of carbonyl (C=O) groups is 1. The van der Waals surface area contributed by atoms with Crippen molar-refractivity contribution in [1.82, 2.24) is 4.90 Å². The van der Waals surface area contributed by atoms with Gasteiger partial charge in [0.15, 0.2) is 0 Å². The molecule has 0 fully saturated rings. The third kappa shape index (κ3) is 3.59. The summed E-state index contributed by atoms with van der Waals surface area (Å²) in [6, 6.07) is 0. The van der Waals surface area contributed by atoms with E-state index in [9.17, 15) is 4.79 Å². The molecule has 0 saturated carbocycles. The molecule has 1 unspecified atom stereocenters. The Bertz CT molecular complexity index is 193. The van der Waals surface area contributed by atoms with Gasteiger partial charge in [0.1, 0.15) is 0 Å². The first-order chi connectivity index (χ1) is 6.20. The molecular weight excluding hydrogens is 166 g/mol. The van der Waals surface area contributed by atoms with Crippen LogP contribution in [0.5, 0.6) is 0 Å². The van der Waals surface area contributed by atoms with Crippen molar-refractivity contribution in [2.75, 3.05) is 19.6 Å². The van der Waals surface area contributed by atoms with E-state index in [0.29, 0.717) is 0 Å². The highest BCUT2D eigenvalue weighted by molar-refractivity contribution is 5.69. The minimum absolute atomic E-state index is 0.199. The number of carboxylic acids is 1. The molecule has 3 heteroatoms. The van der Waals surface area contributed by atoms with Gasteiger partial charge in [0.2, 0.25) is 0 Å². The van der Waals surface area contributed by atoms with Crippen LogP contribution in [-0.2, 0) is 4.79 Å². The summed E-state index contributed by atoms with van der Waals surface area (Å²) in [5, 5.41) is 8.65. The van der Waals surface area contributed by atoms with Crippen molar-refractivity contribution in [3.05, 3.63) is 12.2 Å². The van der Waals surface area contributed by atoms with Crippen LogP contribution in [0.4, 0.5) is 0 Å². The highest BCUT2D eigenvalue weighted by atomic mass is 16.4. The second kappa shape index (κ2) is 5.02. The van der Waals surface area contributed by atoms with Crippen LogP contribution in [0.15, 0.2) is 12.2 Å². The van der Waals surface area contributed by atoms with Crippen molar-refractivity contribution in [2.45, 2.75) is 19.8 Å². The Kier molecular flexibility index (Phi) is 3.96. The molecule has 0 aromatic carbocycles. The molecule has 3 nitrogen and oxygen atoms in total. The van der Waals surface area contributed by atoms with Gasteiger partial charge >= 0.3 is 5.97 Å². The summed E-state index contributed by atoms with van der Waals surface area (Å²) < 4.78 is 0. The third-order valence-corrected chi connectivity index (χ3v) is 2.43. The van der Waals surface area contributed by atoms with Crippen molar-refractivity contribution in [3.63, 3.8) is 0 Å². The second-order valence-corrected chi connectivity index (χ2v) is 3.61. The molecule has 74 valence electrons. The monoisotopic (exact) mass is 183 g/mol. The van der Waals surface area contributed by atoms with Crippen LogP contribution < -0.4 is 0 Å². The first-order valence-corrected chi connectivity index (χ1v) is 4.80. The average Bonchev–Trinajstić information content (AvgIpc) is 2.56. The standard InChI is InChI=1S/C10H17NO2/c1-9(10(12)13)5-4-8-11-6-2-3-7-11/h2-3,9H,4-8H2,1H3,(H,12,13). The minimum atomic E-state index is -0.681. The van der Waals surface area contributed by atoms with E-state index in [0.717, 1.165) is 32.5 Å². The molecular formula is C10H17NO2. The Balaban J connectivity index is 2.03. The van der Waals surface area contributed by atoms with Crippen molar-refractivity contribution in [3.8, 4) is 0 Å². The molecule has 1 aliphatic rings. The van der Waals surface area contributed by atoms with Gasteiger partial charge in [0.25, 0.3) is 0 Å². The molecule has 1 atom stereocenters. The fraction of sp³-hybridized carbons (Fsp3) is 0.700. The quantitative estimate of drug-likeness (QED) is 0.654. The Hall–Kier alpha value is -0.830. The summed E-state index contributed by atoms with van der Waals surface area (Å²) in [7, 11) is 0. The molecule has 0 aliphatic carbocycles. The van der Waals surface area contributed by atoms with Crippen LogP contribution in [0.25, 0.3) is 0 Å². The molecule has 0 spiro atoms. The van der Waals surface area contributed by atoms with E-state index in [4.69, 9.17) is 5.11 Å². The van der Waals surface area contributed by atoms with Crippen LogP contribution in [0, 0.1) is 5.92 Å². The number of rotatable bonds is 5. The van der Waals surface area contributed by atoms with Crippen LogP contribution >= 0.6 is 0 Å². The molecule has 0 saturated heterocycles. The number of hydrogen-bond donors (Lipinski definition) is 1. The summed E-state index contributed by atoms with van der Waals surface area (Å²) in [5.41, 5.74) is 0. The number of nitrogens with zero attached hydrogens (tertiary/aromatic N) is 1. The summed E-state index contributed by atoms with van der Waals surface area (Å²) >= 11 is 0. The second-order valence-electron chi connectivity index (χ2n) is 3.61. The van der Waals surface area contributed by atoms with Crippen LogP contribution in [0.3, 0.4) is 0 Å². The fourth-order valence-electron chi connectivity index (χ4n) is 1.45. The Morgan fingerprint density at radius 2 is 2.15 bits per heavy atom. The maximum atomic E-state index is 10.5. The van der Waals surface area contributed by atoms with Gasteiger partial charge in [0, 0.05) is 13.1 Å². The predicted octanol–water partition coefficient (Wildman–Crippen LogP) is 1.36. The van der Waals surface area contributed by atoms with Crippen molar-refractivity contribution in [2.24, 2.45) is 5.92 Å². The SMILES string of the molecule is CC(CCCN1CC=CC1)C(=O)O. The van der Waals surface area contributed by atoms with Crippen LogP contribution in [0.1, 0.15) is 19.8 Å². The smallest absolute Gasteiger partial charge is 0.306 e. The van der Waals surface area contributed by atoms with E-state index in [1.165, 1.54) is 0 Å². The number of carboxylic acid groups (broad SMARTS) is 1. The van der Waals surface area contributed by atoms with Gasteiger partial charge in [-0.25, -0.2) is 0 Å². The number of aliphatic carboxylic acids is 1. The number of hydrogen-bond acceptors (Lipinski definition) is 2. The topological polar surface area (TPSA) is 40.5 Å². The molecule has 0 aromatic heterocycles. The first-order valence-electron chi connectivity index (χ1n) is 4.80. The zero-order valence-corrected chi connectivity index (χ0v) is 8.07. The van der Waals surface area contributed by atoms with Gasteiger partial charge in [-0.15, -0.1) is 0 Å². The fourth-order valence-corrected chi connectivity index (χ4v) is 1.45. The van der Waals surface area contributed by atoms with Gasteiger partial charge < -0.3 is 5.11 Å². The van der Waals surface area contributed by atoms with Gasteiger partial charge in [-0.1, -0.05) is 19.1 Å². The lowest BCUT2D eigenvalue weighted by Crippen LogP contribution is -2.22. The molecule has 1 N–H and O–H groups in total. The highest BCUT2D eigenvalue weighted by Gasteiger charge is 2.11. The zero-order valence-electron chi connectivity index (χ0n) is 8.07. The summed E-state index contributed by atoms with van der Waals surface area (Å²) in [4.78, 5) is 12.8. The Labute approximate surface area is 79.0 Å². The lowest BCUT2D eigenvalue weighted by Gasteiger charge is -2.14. The molecule has 1 aliphatic heterocycles. The average molecular weight is 183 g/mol. The molecule has 1 heterocycles. The molecule has 0 aromatic rings. The van der Waals surface area contributed by atoms with E-state index >= 15 is 0 Å². The summed E-state index contributed by atoms with van der Waals surface area (Å²) in [6.07, 6.45) is 6.07. The van der Waals surface area contributed by atoms with E-state index in [2.05, 4.69) is 17.1 Å². The summed E-state index contributed by atoms with van der Waals surface area (Å²) in [6.45, 7) is 4.85. The molecule has 0 amide bonds. The largest absolute Gasteiger partial charge is 0.481 e. The first kappa shape index (κ1) is 10.3. The van der Waals surface area contributed by atoms with Gasteiger partial charge in [0.05, 0.1) is 5.92 Å². The minimum Gasteiger partial charge on any atom is -0.481 e. The van der Waals surface area contributed by atoms with Crippen LogP contribution in [-0.4, -0.2) is 35.6 Å². The normalized spacial score (nSPS) is 19.2. The molecule has 0 bridgehead atoms. The predicted molar refractivity (Wildman–Crippen MR) is 51.6 cm³/mol. The molecule has 0 radical (unpaired) electrons. The van der Waals surface area contributed by atoms with Gasteiger partial charge in [-0.05, 0) is 19.4 Å². The van der Waals surface area contributed by atoms with E-state index < -0.39 is 5.97 Å². The zero-order chi connectivity index (χ0) is 9.68. The Morgan fingerprint density at radius 1 is 1.54 bits per heavy atom. The third-order valence-electron chi connectivity index (χ3n) is 2.43. The highest BCUT2D eigenvalue weighted by Crippen LogP contribution is 2.08. The van der Waals surface area contributed by atoms with Gasteiger partial charge in [-0.2, -0.15) is 0 Å². The van der Waals surface area contributed by atoms with Gasteiger partial charge in [-0.3, -0.25) is 9.69 Å². The lowest BCUT2D eigenvalue weighted by atomic mass is 10.1. The Morgan fingerprint density at radius 3 is 2.69 bits per heavy atom. The molecule has 13 heavy (non-hydrogen) atoms. The van der Waals surface area contributed by atoms with Crippen LogP contribution in [0.2, 0.25) is 0 Å². The van der Waals surface area contributed by atoms with E-state index in [1.807, 2.05) is 0 Å². The maximum Gasteiger partial charge on any atom is 0.306 e. The molecule has 1 rings (SSSR count). The maximum absolute atomic E-state index is 10.5.